The molecule has 0 aliphatic rings. The Morgan fingerprint density at radius 1 is 1.21 bits per heavy atom. The lowest BCUT2D eigenvalue weighted by Crippen LogP contribution is -2.38. The van der Waals surface area contributed by atoms with Crippen LogP contribution in [0.4, 0.5) is 0 Å². The number of amides is 1. The Bertz CT molecular complexity index is 398. The van der Waals surface area contributed by atoms with E-state index in [1.165, 1.54) is 0 Å². The molecule has 0 bridgehead atoms. The maximum absolute atomic E-state index is 11.8. The summed E-state index contributed by atoms with van der Waals surface area (Å²) in [7, 11) is 0. The van der Waals surface area contributed by atoms with Gasteiger partial charge in [-0.1, -0.05) is 26.0 Å². The summed E-state index contributed by atoms with van der Waals surface area (Å²) in [5, 5.41) is 12.2. The van der Waals surface area contributed by atoms with Crippen molar-refractivity contribution in [3.05, 3.63) is 29.8 Å². The van der Waals surface area contributed by atoms with Gasteiger partial charge in [0.25, 0.3) is 5.91 Å². The van der Waals surface area contributed by atoms with Crippen LogP contribution in [0.15, 0.2) is 24.3 Å². The highest BCUT2D eigenvalue weighted by Crippen LogP contribution is 2.18. The number of hydrogen-bond acceptors (Lipinski definition) is 3. The second-order valence-electron chi connectivity index (χ2n) is 5.14. The molecule has 1 amide bonds. The standard InChI is InChI=1S/C15H23NO3/c1-10(2)9-16-15(18)12(4)19-14-7-5-13(6-8-14)11(3)17/h5-8,10-12,17H,9H2,1-4H3,(H,16,18)/t11-,12?/m0/s1. The van der Waals surface area contributed by atoms with Crippen LogP contribution in [0.2, 0.25) is 0 Å². The van der Waals surface area contributed by atoms with Gasteiger partial charge in [-0.2, -0.15) is 0 Å². The highest BCUT2D eigenvalue weighted by atomic mass is 16.5. The lowest BCUT2D eigenvalue weighted by atomic mass is 10.1. The molecule has 1 rings (SSSR count). The lowest BCUT2D eigenvalue weighted by Gasteiger charge is -2.16. The van der Waals surface area contributed by atoms with E-state index >= 15 is 0 Å². The van der Waals surface area contributed by atoms with Crippen molar-refractivity contribution in [2.45, 2.75) is 39.9 Å². The van der Waals surface area contributed by atoms with Gasteiger partial charge in [0.2, 0.25) is 0 Å². The van der Waals surface area contributed by atoms with Crippen LogP contribution in [0.5, 0.6) is 5.75 Å². The Hall–Kier alpha value is -1.55. The normalized spacial score (nSPS) is 14.0. The molecule has 1 unspecified atom stereocenters. The molecule has 2 N–H and O–H groups in total. The molecule has 0 aromatic heterocycles. The van der Waals surface area contributed by atoms with Crippen molar-refractivity contribution >= 4 is 5.91 Å². The Kier molecular flexibility index (Phi) is 5.83. The molecule has 2 atom stereocenters. The van der Waals surface area contributed by atoms with Crippen molar-refractivity contribution in [1.29, 1.82) is 0 Å². The summed E-state index contributed by atoms with van der Waals surface area (Å²) >= 11 is 0. The molecule has 0 aliphatic carbocycles. The first-order chi connectivity index (χ1) is 8.90. The number of aliphatic hydroxyl groups excluding tert-OH is 1. The van der Waals surface area contributed by atoms with Crippen LogP contribution in [-0.2, 0) is 4.79 Å². The summed E-state index contributed by atoms with van der Waals surface area (Å²) in [6, 6.07) is 7.10. The first-order valence-corrected chi connectivity index (χ1v) is 6.62. The topological polar surface area (TPSA) is 58.6 Å². The van der Waals surface area contributed by atoms with Crippen LogP contribution in [0, 0.1) is 5.92 Å². The van der Waals surface area contributed by atoms with Crippen LogP contribution in [0.1, 0.15) is 39.4 Å². The Labute approximate surface area is 114 Å². The van der Waals surface area contributed by atoms with Crippen LogP contribution in [-0.4, -0.2) is 23.7 Å². The van der Waals surface area contributed by atoms with Crippen LogP contribution in [0.25, 0.3) is 0 Å². The maximum atomic E-state index is 11.8. The number of nitrogens with one attached hydrogen (secondary N) is 1. The Morgan fingerprint density at radius 2 is 1.79 bits per heavy atom. The van der Waals surface area contributed by atoms with Gasteiger partial charge < -0.3 is 15.2 Å². The van der Waals surface area contributed by atoms with E-state index < -0.39 is 12.2 Å². The van der Waals surface area contributed by atoms with Gasteiger partial charge in [0, 0.05) is 6.54 Å². The van der Waals surface area contributed by atoms with Crippen molar-refractivity contribution in [3.8, 4) is 5.75 Å². The molecule has 106 valence electrons. The van der Waals surface area contributed by atoms with Gasteiger partial charge in [0.05, 0.1) is 6.10 Å². The molecule has 19 heavy (non-hydrogen) atoms. The number of benzene rings is 1. The summed E-state index contributed by atoms with van der Waals surface area (Å²) < 4.78 is 5.55. The molecule has 0 aliphatic heterocycles. The SMILES string of the molecule is CC(C)CNC(=O)C(C)Oc1ccc([C@H](C)O)cc1. The molecular formula is C15H23NO3. The summed E-state index contributed by atoms with van der Waals surface area (Å²) in [5.41, 5.74) is 0.823. The maximum Gasteiger partial charge on any atom is 0.260 e. The minimum absolute atomic E-state index is 0.117. The van der Waals surface area contributed by atoms with E-state index in [1.54, 1.807) is 38.1 Å². The molecular weight excluding hydrogens is 242 g/mol. The van der Waals surface area contributed by atoms with Crippen molar-refractivity contribution in [2.24, 2.45) is 5.92 Å². The first-order valence-electron chi connectivity index (χ1n) is 6.62. The minimum atomic E-state index is -0.531. The van der Waals surface area contributed by atoms with Crippen LogP contribution in [0.3, 0.4) is 0 Å². The van der Waals surface area contributed by atoms with Crippen molar-refractivity contribution in [3.63, 3.8) is 0 Å². The number of rotatable bonds is 6. The lowest BCUT2D eigenvalue weighted by molar-refractivity contribution is -0.127. The van der Waals surface area contributed by atoms with E-state index in [4.69, 9.17) is 4.74 Å². The van der Waals surface area contributed by atoms with E-state index in [2.05, 4.69) is 5.32 Å². The fourth-order valence-corrected chi connectivity index (χ4v) is 1.53. The zero-order valence-corrected chi connectivity index (χ0v) is 12.0. The monoisotopic (exact) mass is 265 g/mol. The zero-order valence-electron chi connectivity index (χ0n) is 12.0. The van der Waals surface area contributed by atoms with E-state index in [9.17, 15) is 9.90 Å². The Balaban J connectivity index is 2.51. The average molecular weight is 265 g/mol. The minimum Gasteiger partial charge on any atom is -0.481 e. The molecule has 4 heteroatoms. The van der Waals surface area contributed by atoms with Gasteiger partial charge in [-0.05, 0) is 37.5 Å². The molecule has 0 saturated carbocycles. The van der Waals surface area contributed by atoms with Crippen LogP contribution >= 0.6 is 0 Å². The zero-order chi connectivity index (χ0) is 14.4. The van der Waals surface area contributed by atoms with Gasteiger partial charge in [-0.15, -0.1) is 0 Å². The number of carbonyl (C=O) groups excluding carboxylic acids is 1. The highest BCUT2D eigenvalue weighted by Gasteiger charge is 2.14. The van der Waals surface area contributed by atoms with Crippen molar-refractivity contribution < 1.29 is 14.6 Å². The third kappa shape index (κ3) is 5.30. The van der Waals surface area contributed by atoms with Gasteiger partial charge in [-0.25, -0.2) is 0 Å². The van der Waals surface area contributed by atoms with Crippen LogP contribution < -0.4 is 10.1 Å². The average Bonchev–Trinajstić information content (AvgIpc) is 2.36. The smallest absolute Gasteiger partial charge is 0.260 e. The molecule has 0 spiro atoms. The van der Waals surface area contributed by atoms with E-state index in [1.807, 2.05) is 13.8 Å². The van der Waals surface area contributed by atoms with E-state index in [0.717, 1.165) is 5.56 Å². The number of ether oxygens (including phenoxy) is 1. The predicted molar refractivity (Wildman–Crippen MR) is 75.0 cm³/mol. The first kappa shape index (κ1) is 15.5. The van der Waals surface area contributed by atoms with Gasteiger partial charge >= 0.3 is 0 Å². The second kappa shape index (κ2) is 7.14. The predicted octanol–water partition coefficient (Wildman–Crippen LogP) is 2.28. The van der Waals surface area contributed by atoms with Crippen molar-refractivity contribution in [2.75, 3.05) is 6.54 Å². The fraction of sp³-hybridized carbons (Fsp3) is 0.533. The Morgan fingerprint density at radius 3 is 2.26 bits per heavy atom. The number of aliphatic hydroxyl groups is 1. The van der Waals surface area contributed by atoms with Gasteiger partial charge in [-0.3, -0.25) is 4.79 Å². The van der Waals surface area contributed by atoms with Gasteiger partial charge in [0.1, 0.15) is 5.75 Å². The van der Waals surface area contributed by atoms with Crippen molar-refractivity contribution in [1.82, 2.24) is 5.32 Å². The van der Waals surface area contributed by atoms with Gasteiger partial charge in [0.15, 0.2) is 6.10 Å². The largest absolute Gasteiger partial charge is 0.481 e. The molecule has 1 aromatic carbocycles. The molecule has 0 saturated heterocycles. The molecule has 1 aromatic rings. The quantitative estimate of drug-likeness (QED) is 0.829. The molecule has 0 fully saturated rings. The number of hydrogen-bond donors (Lipinski definition) is 2. The third-order valence-corrected chi connectivity index (χ3v) is 2.73. The fourth-order valence-electron chi connectivity index (χ4n) is 1.53. The van der Waals surface area contributed by atoms with E-state index in [-0.39, 0.29) is 5.91 Å². The summed E-state index contributed by atoms with van der Waals surface area (Å²) in [4.78, 5) is 11.8. The summed E-state index contributed by atoms with van der Waals surface area (Å²) in [6.45, 7) is 8.16. The number of carbonyl (C=O) groups is 1. The second-order valence-corrected chi connectivity index (χ2v) is 5.14. The molecule has 0 radical (unpaired) electrons. The third-order valence-electron chi connectivity index (χ3n) is 2.73. The van der Waals surface area contributed by atoms with E-state index in [0.29, 0.717) is 18.2 Å². The molecule has 4 nitrogen and oxygen atoms in total. The summed E-state index contributed by atoms with van der Waals surface area (Å²) in [6.07, 6.45) is -1.03. The highest BCUT2D eigenvalue weighted by molar-refractivity contribution is 5.80. The summed E-state index contributed by atoms with van der Waals surface area (Å²) in [5.74, 6) is 0.923. The molecule has 0 heterocycles.